The van der Waals surface area contributed by atoms with E-state index < -0.39 is 0 Å². The first-order chi connectivity index (χ1) is 17.2. The molecule has 1 unspecified atom stereocenters. The molecule has 0 N–H and O–H groups in total. The zero-order valence-corrected chi connectivity index (χ0v) is 22.2. The van der Waals surface area contributed by atoms with Crippen molar-refractivity contribution >= 4 is 40.7 Å². The van der Waals surface area contributed by atoms with Crippen LogP contribution in [0.3, 0.4) is 0 Å². The van der Waals surface area contributed by atoms with E-state index in [0.29, 0.717) is 37.8 Å². The fraction of sp³-hybridized carbons (Fsp3) is 0.423. The summed E-state index contributed by atoms with van der Waals surface area (Å²) in [5, 5.41) is 6.93. The van der Waals surface area contributed by atoms with E-state index in [1.165, 1.54) is 12.1 Å². The predicted molar refractivity (Wildman–Crippen MR) is 141 cm³/mol. The second-order valence-electron chi connectivity index (χ2n) is 9.90. The monoisotopic (exact) mass is 528 g/mol. The third-order valence-corrected chi connectivity index (χ3v) is 8.65. The van der Waals surface area contributed by atoms with Crippen LogP contribution in [-0.4, -0.2) is 65.1 Å². The van der Waals surface area contributed by atoms with Gasteiger partial charge in [0.15, 0.2) is 0 Å². The molecule has 1 aromatic carbocycles. The number of carbonyl (C=O) groups excluding carboxylic acids is 2. The summed E-state index contributed by atoms with van der Waals surface area (Å²) in [6.45, 7) is 8.19. The number of halogens is 1. The first kappa shape index (κ1) is 25.0. The third kappa shape index (κ3) is 4.81. The summed E-state index contributed by atoms with van der Waals surface area (Å²) in [7, 11) is 0. The predicted octanol–water partition coefficient (Wildman–Crippen LogP) is 4.40. The molecule has 1 saturated heterocycles. The van der Waals surface area contributed by atoms with Crippen LogP contribution in [0.25, 0.3) is 5.69 Å². The number of rotatable bonds is 4. The molecular formula is C26H29FN4O3S2. The lowest BCUT2D eigenvalue weighted by Crippen LogP contribution is -2.48. The third-order valence-electron chi connectivity index (χ3n) is 6.33. The van der Waals surface area contributed by atoms with Gasteiger partial charge in [-0.1, -0.05) is 26.8 Å². The number of hydrogen-bond acceptors (Lipinski definition) is 6. The van der Waals surface area contributed by atoms with Gasteiger partial charge in [0.2, 0.25) is 11.8 Å². The number of nitrogens with zero attached hydrogens (tertiary/aromatic N) is 4. The molecule has 10 heteroatoms. The van der Waals surface area contributed by atoms with E-state index in [0.717, 1.165) is 16.1 Å². The minimum absolute atomic E-state index is 0.0833. The van der Waals surface area contributed by atoms with Crippen LogP contribution < -0.4 is 4.90 Å². The van der Waals surface area contributed by atoms with Gasteiger partial charge in [-0.25, -0.2) is 9.07 Å². The van der Waals surface area contributed by atoms with Gasteiger partial charge in [-0.3, -0.25) is 14.5 Å². The highest BCUT2D eigenvalue weighted by atomic mass is 32.2. The Morgan fingerprint density at radius 3 is 2.53 bits per heavy atom. The van der Waals surface area contributed by atoms with Gasteiger partial charge in [0, 0.05) is 28.9 Å². The molecule has 3 aromatic rings. The van der Waals surface area contributed by atoms with Gasteiger partial charge in [0.25, 0.3) is 0 Å². The molecule has 0 radical (unpaired) electrons. The van der Waals surface area contributed by atoms with Gasteiger partial charge in [-0.05, 0) is 35.7 Å². The van der Waals surface area contributed by atoms with E-state index in [2.05, 4.69) is 26.8 Å². The molecule has 5 rings (SSSR count). The molecular weight excluding hydrogens is 499 g/mol. The molecule has 0 aliphatic carbocycles. The second kappa shape index (κ2) is 9.99. The van der Waals surface area contributed by atoms with Crippen molar-refractivity contribution < 1.29 is 18.7 Å². The molecule has 4 heterocycles. The summed E-state index contributed by atoms with van der Waals surface area (Å²) in [5.41, 5.74) is 2.08. The van der Waals surface area contributed by atoms with Gasteiger partial charge in [0.05, 0.1) is 35.6 Å². The Bertz CT molecular complexity index is 1250. The molecule has 0 bridgehead atoms. The van der Waals surface area contributed by atoms with Crippen molar-refractivity contribution in [1.82, 2.24) is 14.7 Å². The number of anilines is 1. The number of benzene rings is 1. The SMILES string of the molecule is CC(C)(C)c1nn(-c2ccc(F)cc2)c2c1C(c1cccs1)SCC(=O)N2CC(=O)N1CCOCC1. The molecule has 2 aliphatic heterocycles. The molecule has 2 amide bonds. The number of morpholine rings is 1. The van der Waals surface area contributed by atoms with Gasteiger partial charge in [0.1, 0.15) is 18.2 Å². The fourth-order valence-electron chi connectivity index (χ4n) is 4.55. The number of amides is 2. The van der Waals surface area contributed by atoms with E-state index in [9.17, 15) is 14.0 Å². The number of carbonyl (C=O) groups is 2. The Labute approximate surface area is 218 Å². The van der Waals surface area contributed by atoms with Crippen molar-refractivity contribution in [2.24, 2.45) is 0 Å². The lowest BCUT2D eigenvalue weighted by Gasteiger charge is -2.30. The van der Waals surface area contributed by atoms with E-state index in [4.69, 9.17) is 9.84 Å². The van der Waals surface area contributed by atoms with Crippen LogP contribution in [0.5, 0.6) is 0 Å². The number of thiophene rings is 1. The summed E-state index contributed by atoms with van der Waals surface area (Å²) in [4.78, 5) is 31.4. The lowest BCUT2D eigenvalue weighted by atomic mass is 9.88. The molecule has 7 nitrogen and oxygen atoms in total. The van der Waals surface area contributed by atoms with Crippen LogP contribution >= 0.6 is 23.1 Å². The first-order valence-corrected chi connectivity index (χ1v) is 13.9. The van der Waals surface area contributed by atoms with Crippen LogP contribution in [0.4, 0.5) is 10.2 Å². The van der Waals surface area contributed by atoms with Crippen LogP contribution in [0.15, 0.2) is 41.8 Å². The van der Waals surface area contributed by atoms with Crippen LogP contribution in [0.2, 0.25) is 0 Å². The summed E-state index contributed by atoms with van der Waals surface area (Å²) in [5.74, 6) is 0.199. The highest BCUT2D eigenvalue weighted by molar-refractivity contribution is 8.00. The number of aromatic nitrogens is 2. The lowest BCUT2D eigenvalue weighted by molar-refractivity contribution is -0.134. The average Bonchev–Trinajstić information content (AvgIpc) is 3.50. The molecule has 2 aromatic heterocycles. The summed E-state index contributed by atoms with van der Waals surface area (Å²) in [6.07, 6.45) is 0. The van der Waals surface area contributed by atoms with Gasteiger partial charge >= 0.3 is 0 Å². The Hall–Kier alpha value is -2.69. The molecule has 0 saturated carbocycles. The molecule has 36 heavy (non-hydrogen) atoms. The quantitative estimate of drug-likeness (QED) is 0.502. The molecule has 1 fully saturated rings. The maximum atomic E-state index is 13.8. The molecule has 2 aliphatic rings. The van der Waals surface area contributed by atoms with E-state index in [-0.39, 0.29) is 40.6 Å². The zero-order chi connectivity index (χ0) is 25.4. The first-order valence-electron chi connectivity index (χ1n) is 11.9. The number of hydrogen-bond donors (Lipinski definition) is 0. The summed E-state index contributed by atoms with van der Waals surface area (Å²) in [6, 6.07) is 10.2. The van der Waals surface area contributed by atoms with Gasteiger partial charge in [-0.2, -0.15) is 5.10 Å². The standard InChI is InChI=1S/C26H29FN4O3S2/c1-26(2,3)24-22-23(19-5-4-14-35-19)36-16-21(33)30(15-20(32)29-10-12-34-13-11-29)25(22)31(28-24)18-8-6-17(27)7-9-18/h4-9,14,23H,10-13,15-16H2,1-3H3. The van der Waals surface area contributed by atoms with Crippen molar-refractivity contribution in [3.63, 3.8) is 0 Å². The fourth-order valence-corrected chi connectivity index (χ4v) is 6.72. The minimum atomic E-state index is -0.351. The Morgan fingerprint density at radius 2 is 1.89 bits per heavy atom. The van der Waals surface area contributed by atoms with Gasteiger partial charge < -0.3 is 9.64 Å². The minimum Gasteiger partial charge on any atom is -0.378 e. The van der Waals surface area contributed by atoms with Gasteiger partial charge in [-0.15, -0.1) is 23.1 Å². The largest absolute Gasteiger partial charge is 0.378 e. The Morgan fingerprint density at radius 1 is 1.17 bits per heavy atom. The van der Waals surface area contributed by atoms with Crippen molar-refractivity contribution in [3.05, 3.63) is 63.7 Å². The van der Waals surface area contributed by atoms with Crippen LogP contribution in [0, 0.1) is 5.82 Å². The van der Waals surface area contributed by atoms with Crippen LogP contribution in [0.1, 0.15) is 42.2 Å². The summed E-state index contributed by atoms with van der Waals surface area (Å²) < 4.78 is 20.9. The number of ether oxygens (including phenoxy) is 1. The van der Waals surface area contributed by atoms with Crippen molar-refractivity contribution in [2.75, 3.05) is 43.5 Å². The summed E-state index contributed by atoms with van der Waals surface area (Å²) >= 11 is 3.20. The Balaban J connectivity index is 1.70. The Kier molecular flexibility index (Phi) is 6.93. The average molecular weight is 529 g/mol. The molecule has 1 atom stereocenters. The topological polar surface area (TPSA) is 67.7 Å². The smallest absolute Gasteiger partial charge is 0.242 e. The number of thioether (sulfide) groups is 1. The highest BCUT2D eigenvalue weighted by Crippen LogP contribution is 2.49. The van der Waals surface area contributed by atoms with Crippen molar-refractivity contribution in [3.8, 4) is 5.69 Å². The second-order valence-corrected chi connectivity index (χ2v) is 12.0. The molecule has 190 valence electrons. The maximum absolute atomic E-state index is 13.8. The molecule has 0 spiro atoms. The van der Waals surface area contributed by atoms with E-state index in [1.807, 2.05) is 11.4 Å². The van der Waals surface area contributed by atoms with E-state index >= 15 is 0 Å². The van der Waals surface area contributed by atoms with Crippen LogP contribution in [-0.2, 0) is 19.7 Å². The highest BCUT2D eigenvalue weighted by Gasteiger charge is 2.40. The maximum Gasteiger partial charge on any atom is 0.242 e. The van der Waals surface area contributed by atoms with Crippen molar-refractivity contribution in [1.29, 1.82) is 0 Å². The van der Waals surface area contributed by atoms with Crippen molar-refractivity contribution in [2.45, 2.75) is 31.4 Å². The number of fused-ring (bicyclic) bond motifs is 1. The van der Waals surface area contributed by atoms with E-state index in [1.54, 1.807) is 49.7 Å². The normalized spacial score (nSPS) is 18.8. The zero-order valence-electron chi connectivity index (χ0n) is 20.6.